The molecule has 0 aliphatic heterocycles. The normalized spacial score (nSPS) is 11.2. The topological polar surface area (TPSA) is 0 Å². The van der Waals surface area contributed by atoms with Crippen LogP contribution in [0.25, 0.3) is 0 Å². The van der Waals surface area contributed by atoms with E-state index in [1.807, 2.05) is 0 Å². The number of benzene rings is 7. The zero-order valence-corrected chi connectivity index (χ0v) is 31.7. The fraction of sp³-hybridized carbons (Fsp3) is 0.0455. The van der Waals surface area contributed by atoms with Crippen molar-refractivity contribution in [2.24, 2.45) is 0 Å². The average molecular weight is 789 g/mol. The second kappa shape index (κ2) is 16.6. The molecule has 0 fully saturated rings. The Labute approximate surface area is 308 Å². The van der Waals surface area contributed by atoms with Crippen LogP contribution in [0.5, 0.6) is 0 Å². The molecule has 7 aromatic carbocycles. The second-order valence-electron chi connectivity index (χ2n) is 11.8. The van der Waals surface area contributed by atoms with Crippen molar-refractivity contribution in [2.45, 2.75) is 12.3 Å². The molecule has 0 amide bonds. The van der Waals surface area contributed by atoms with E-state index in [1.165, 1.54) is 43.0 Å². The van der Waals surface area contributed by atoms with Crippen LogP contribution in [0.2, 0.25) is 0 Å². The number of hydrogen-bond acceptors (Lipinski definition) is 0. The monoisotopic (exact) mass is 786 g/mol. The van der Waals surface area contributed by atoms with E-state index in [9.17, 15) is 0 Å². The van der Waals surface area contributed by atoms with Gasteiger partial charge in [-0.05, 0) is 90.0 Å². The molecular formula is C44H38Br2P2. The van der Waals surface area contributed by atoms with Crippen LogP contribution in [0, 0.1) is 0 Å². The highest BCUT2D eigenvalue weighted by Crippen LogP contribution is 2.60. The summed E-state index contributed by atoms with van der Waals surface area (Å²) in [4.78, 5) is 0. The van der Waals surface area contributed by atoms with Crippen LogP contribution in [-0.2, 0) is 12.3 Å². The molecule has 0 unspecified atom stereocenters. The summed E-state index contributed by atoms with van der Waals surface area (Å²) < 4.78 is 0. The van der Waals surface area contributed by atoms with Crippen molar-refractivity contribution in [1.82, 2.24) is 0 Å². The first-order chi connectivity index (χ1) is 22.8. The summed E-state index contributed by atoms with van der Waals surface area (Å²) >= 11 is 0. The molecule has 0 N–H and O–H groups in total. The smallest absolute Gasteiger partial charge is 0.116 e. The van der Waals surface area contributed by atoms with Crippen molar-refractivity contribution in [1.29, 1.82) is 0 Å². The Bertz CT molecular complexity index is 1630. The van der Waals surface area contributed by atoms with Gasteiger partial charge in [-0.1, -0.05) is 127 Å². The van der Waals surface area contributed by atoms with E-state index < -0.39 is 14.5 Å². The molecular weight excluding hydrogens is 750 g/mol. The van der Waals surface area contributed by atoms with Gasteiger partial charge in [0.1, 0.15) is 46.4 Å². The van der Waals surface area contributed by atoms with E-state index in [2.05, 4.69) is 206 Å². The van der Waals surface area contributed by atoms with E-state index in [1.54, 1.807) is 0 Å². The summed E-state index contributed by atoms with van der Waals surface area (Å²) in [5.41, 5.74) is 2.77. The van der Waals surface area contributed by atoms with E-state index in [4.69, 9.17) is 0 Å². The Balaban J connectivity index is 0.00000225. The molecule has 0 aliphatic rings. The first-order valence-electron chi connectivity index (χ1n) is 16.0. The molecule has 0 saturated heterocycles. The SMILES string of the molecule is [Br-].[Br-].c1ccc([P+](Cc2cccc(C[P+](c3ccccc3)(c3ccccc3)c3ccccc3)c2)(c2ccccc2)c2ccccc2)cc1. The molecule has 0 aromatic heterocycles. The summed E-state index contributed by atoms with van der Waals surface area (Å²) in [7, 11) is -4.02. The second-order valence-corrected chi connectivity index (χ2v) is 18.7. The molecule has 0 bridgehead atoms. The number of halogens is 2. The zero-order chi connectivity index (χ0) is 31.1. The standard InChI is InChI=1S/C44H38P2.2BrH/c1-7-22-39(23-8-1)45(40-24-9-2-10-25-40,41-26-11-3-12-27-41)35-37-20-19-21-38(34-37)36-46(42-28-13-4-14-29-42,43-30-15-5-16-31-43)44-32-17-6-18-33-44;;/h1-34H,35-36H2;2*1H/q+2;;/p-2. The molecule has 238 valence electrons. The van der Waals surface area contributed by atoms with Crippen LogP contribution in [-0.4, -0.2) is 0 Å². The summed E-state index contributed by atoms with van der Waals surface area (Å²) in [5.74, 6) is 0. The molecule has 0 radical (unpaired) electrons. The Morgan fingerprint density at radius 3 is 0.667 bits per heavy atom. The largest absolute Gasteiger partial charge is 1.00 e. The Morgan fingerprint density at radius 2 is 0.458 bits per heavy atom. The van der Waals surface area contributed by atoms with E-state index in [-0.39, 0.29) is 34.0 Å². The average Bonchev–Trinajstić information content (AvgIpc) is 3.15. The van der Waals surface area contributed by atoms with Gasteiger partial charge in [0.25, 0.3) is 0 Å². The van der Waals surface area contributed by atoms with Gasteiger partial charge < -0.3 is 34.0 Å². The first kappa shape index (κ1) is 35.7. The minimum absolute atomic E-state index is 0. The Hall–Kier alpha value is -3.64. The van der Waals surface area contributed by atoms with Crippen LogP contribution in [0.1, 0.15) is 11.1 Å². The lowest BCUT2D eigenvalue weighted by Crippen LogP contribution is -3.00. The van der Waals surface area contributed by atoms with Crippen molar-refractivity contribution in [3.05, 3.63) is 217 Å². The molecule has 0 saturated carbocycles. The molecule has 48 heavy (non-hydrogen) atoms. The maximum atomic E-state index is 2.51. The van der Waals surface area contributed by atoms with Gasteiger partial charge in [0.05, 0.1) is 12.3 Å². The van der Waals surface area contributed by atoms with E-state index in [0.29, 0.717) is 0 Å². The molecule has 0 spiro atoms. The number of rotatable bonds is 10. The van der Waals surface area contributed by atoms with Crippen LogP contribution >= 0.6 is 14.5 Å². The maximum Gasteiger partial charge on any atom is 0.116 e. The van der Waals surface area contributed by atoms with Gasteiger partial charge in [-0.15, -0.1) is 0 Å². The fourth-order valence-corrected chi connectivity index (χ4v) is 15.4. The molecule has 0 nitrogen and oxygen atoms in total. The summed E-state index contributed by atoms with van der Waals surface area (Å²) in [6, 6.07) is 76.8. The predicted octanol–water partition coefficient (Wildman–Crippen LogP) is 2.68. The van der Waals surface area contributed by atoms with E-state index >= 15 is 0 Å². The minimum atomic E-state index is -2.01. The molecule has 4 heteroatoms. The highest BCUT2D eigenvalue weighted by Gasteiger charge is 2.47. The fourth-order valence-electron chi connectivity index (χ4n) is 6.91. The van der Waals surface area contributed by atoms with Gasteiger partial charge in [0.15, 0.2) is 0 Å². The summed E-state index contributed by atoms with van der Waals surface area (Å²) in [6.07, 6.45) is 1.93. The van der Waals surface area contributed by atoms with Crippen LogP contribution in [0.3, 0.4) is 0 Å². The predicted molar refractivity (Wildman–Crippen MR) is 204 cm³/mol. The summed E-state index contributed by atoms with van der Waals surface area (Å²) in [5, 5.41) is 8.49. The summed E-state index contributed by atoms with van der Waals surface area (Å²) in [6.45, 7) is 0. The van der Waals surface area contributed by atoms with Crippen LogP contribution in [0.15, 0.2) is 206 Å². The van der Waals surface area contributed by atoms with Gasteiger partial charge in [0, 0.05) is 0 Å². The van der Waals surface area contributed by atoms with Gasteiger partial charge in [-0.25, -0.2) is 0 Å². The highest BCUT2D eigenvalue weighted by atomic mass is 79.9. The van der Waals surface area contributed by atoms with Crippen molar-refractivity contribution in [2.75, 3.05) is 0 Å². The molecule has 7 rings (SSSR count). The van der Waals surface area contributed by atoms with Crippen LogP contribution < -0.4 is 65.8 Å². The van der Waals surface area contributed by atoms with Crippen LogP contribution in [0.4, 0.5) is 0 Å². The van der Waals surface area contributed by atoms with Gasteiger partial charge >= 0.3 is 0 Å². The maximum absolute atomic E-state index is 2.51. The number of hydrogen-bond donors (Lipinski definition) is 0. The third-order valence-corrected chi connectivity index (χ3v) is 17.8. The van der Waals surface area contributed by atoms with Crippen molar-refractivity contribution in [3.63, 3.8) is 0 Å². The first-order valence-corrected chi connectivity index (χ1v) is 19.9. The lowest BCUT2D eigenvalue weighted by Gasteiger charge is -2.29. The third kappa shape index (κ3) is 7.19. The molecule has 0 atom stereocenters. The quantitative estimate of drug-likeness (QED) is 0.187. The zero-order valence-electron chi connectivity index (χ0n) is 26.7. The molecule has 0 heterocycles. The van der Waals surface area contributed by atoms with Crippen molar-refractivity contribution in [3.8, 4) is 0 Å². The molecule has 7 aromatic rings. The van der Waals surface area contributed by atoms with Crippen molar-refractivity contribution < 1.29 is 34.0 Å². The minimum Gasteiger partial charge on any atom is -1.00 e. The molecule has 0 aliphatic carbocycles. The lowest BCUT2D eigenvalue weighted by atomic mass is 10.2. The van der Waals surface area contributed by atoms with Gasteiger partial charge in [-0.3, -0.25) is 0 Å². The Morgan fingerprint density at radius 1 is 0.250 bits per heavy atom. The lowest BCUT2D eigenvalue weighted by molar-refractivity contribution is -0.00100. The third-order valence-electron chi connectivity index (χ3n) is 9.01. The van der Waals surface area contributed by atoms with E-state index in [0.717, 1.165) is 12.3 Å². The van der Waals surface area contributed by atoms with Gasteiger partial charge in [0.2, 0.25) is 0 Å². The van der Waals surface area contributed by atoms with Crippen molar-refractivity contribution >= 4 is 46.4 Å². The Kier molecular flexibility index (Phi) is 12.4. The van der Waals surface area contributed by atoms with Gasteiger partial charge in [-0.2, -0.15) is 0 Å². The highest BCUT2D eigenvalue weighted by molar-refractivity contribution is 7.95.